The topological polar surface area (TPSA) is 20.2 Å². The predicted molar refractivity (Wildman–Crippen MR) is 86.2 cm³/mol. The summed E-state index contributed by atoms with van der Waals surface area (Å²) in [6.45, 7) is 0.0824. The minimum Gasteiger partial charge on any atom is -0.396 e. The van der Waals surface area contributed by atoms with Crippen LogP contribution in [0, 0.1) is 11.7 Å². The average Bonchev–Trinajstić information content (AvgIpc) is 2.44. The monoisotopic (exact) mass is 400 g/mol. The lowest BCUT2D eigenvalue weighted by atomic mass is 9.93. The van der Waals surface area contributed by atoms with Gasteiger partial charge in [-0.15, -0.1) is 0 Å². The molecule has 0 aliphatic rings. The predicted octanol–water partition coefficient (Wildman–Crippen LogP) is 4.74. The highest BCUT2D eigenvalue weighted by atomic mass is 79.9. The van der Waals surface area contributed by atoms with Crippen molar-refractivity contribution in [1.29, 1.82) is 0 Å². The van der Waals surface area contributed by atoms with E-state index in [1.165, 1.54) is 17.7 Å². The Balaban J connectivity index is 2.08. The van der Waals surface area contributed by atoms with Crippen molar-refractivity contribution in [3.8, 4) is 0 Å². The Kier molecular flexibility index (Phi) is 5.75. The first-order valence-electron chi connectivity index (χ1n) is 6.37. The second-order valence-electron chi connectivity index (χ2n) is 4.82. The van der Waals surface area contributed by atoms with Gasteiger partial charge in [-0.05, 0) is 60.2 Å². The molecule has 0 spiro atoms. The smallest absolute Gasteiger partial charge is 0.123 e. The molecular formula is C16H15Br2FO. The van der Waals surface area contributed by atoms with Crippen LogP contribution >= 0.6 is 31.9 Å². The van der Waals surface area contributed by atoms with Gasteiger partial charge >= 0.3 is 0 Å². The number of aliphatic hydroxyl groups is 1. The third-order valence-electron chi connectivity index (χ3n) is 3.21. The van der Waals surface area contributed by atoms with E-state index in [2.05, 4.69) is 31.9 Å². The molecule has 0 fully saturated rings. The largest absolute Gasteiger partial charge is 0.396 e. The van der Waals surface area contributed by atoms with E-state index in [4.69, 9.17) is 0 Å². The summed E-state index contributed by atoms with van der Waals surface area (Å²) in [7, 11) is 0. The van der Waals surface area contributed by atoms with E-state index in [-0.39, 0.29) is 18.3 Å². The molecule has 4 heteroatoms. The van der Waals surface area contributed by atoms with Crippen LogP contribution in [0.5, 0.6) is 0 Å². The molecule has 0 aromatic heterocycles. The minimum absolute atomic E-state index is 0.0780. The van der Waals surface area contributed by atoms with Crippen LogP contribution in [-0.2, 0) is 12.8 Å². The fraction of sp³-hybridized carbons (Fsp3) is 0.250. The Labute approximate surface area is 135 Å². The van der Waals surface area contributed by atoms with Gasteiger partial charge in [-0.3, -0.25) is 0 Å². The molecule has 2 aromatic carbocycles. The van der Waals surface area contributed by atoms with Crippen molar-refractivity contribution in [2.24, 2.45) is 5.92 Å². The second-order valence-corrected chi connectivity index (χ2v) is 6.59. The lowest BCUT2D eigenvalue weighted by molar-refractivity contribution is 0.224. The van der Waals surface area contributed by atoms with E-state index in [0.717, 1.165) is 20.9 Å². The third-order valence-corrected chi connectivity index (χ3v) is 4.51. The quantitative estimate of drug-likeness (QED) is 0.766. The zero-order chi connectivity index (χ0) is 14.5. The Morgan fingerprint density at radius 2 is 1.70 bits per heavy atom. The molecule has 1 nitrogen and oxygen atoms in total. The highest BCUT2D eigenvalue weighted by Gasteiger charge is 2.12. The highest BCUT2D eigenvalue weighted by molar-refractivity contribution is 9.10. The molecule has 2 aromatic rings. The molecule has 2 rings (SSSR count). The molecular weight excluding hydrogens is 387 g/mol. The number of aliphatic hydroxyl groups excluding tert-OH is 1. The molecule has 20 heavy (non-hydrogen) atoms. The fourth-order valence-electron chi connectivity index (χ4n) is 2.17. The molecule has 1 N–H and O–H groups in total. The molecule has 0 heterocycles. The zero-order valence-electron chi connectivity index (χ0n) is 10.8. The molecule has 106 valence electrons. The molecule has 0 aliphatic heterocycles. The maximum atomic E-state index is 13.3. The summed E-state index contributed by atoms with van der Waals surface area (Å²) in [6, 6.07) is 12.7. The van der Waals surface area contributed by atoms with Crippen LogP contribution in [0.2, 0.25) is 0 Å². The Morgan fingerprint density at radius 3 is 2.35 bits per heavy atom. The summed E-state index contributed by atoms with van der Waals surface area (Å²) in [4.78, 5) is 0. The van der Waals surface area contributed by atoms with Crippen LogP contribution in [0.4, 0.5) is 4.39 Å². The van der Waals surface area contributed by atoms with E-state index in [0.29, 0.717) is 6.42 Å². The van der Waals surface area contributed by atoms with E-state index in [1.807, 2.05) is 24.3 Å². The number of benzene rings is 2. The standard InChI is InChI=1S/C16H15Br2FO/c17-14-3-1-11(2-4-14)7-12(10-20)8-13-9-15(19)5-6-16(13)18/h1-6,9,12,20H,7-8,10H2. The van der Waals surface area contributed by atoms with Gasteiger partial charge < -0.3 is 5.11 Å². The molecule has 0 bridgehead atoms. The zero-order valence-corrected chi connectivity index (χ0v) is 14.0. The molecule has 0 amide bonds. The second kappa shape index (κ2) is 7.34. The molecule has 0 radical (unpaired) electrons. The average molecular weight is 402 g/mol. The maximum Gasteiger partial charge on any atom is 0.123 e. The normalized spacial score (nSPS) is 12.4. The van der Waals surface area contributed by atoms with E-state index < -0.39 is 0 Å². The van der Waals surface area contributed by atoms with Gasteiger partial charge in [0, 0.05) is 15.6 Å². The summed E-state index contributed by atoms with van der Waals surface area (Å²) in [5, 5.41) is 9.55. The molecule has 0 aliphatic carbocycles. The van der Waals surface area contributed by atoms with Gasteiger partial charge in [-0.2, -0.15) is 0 Å². The summed E-state index contributed by atoms with van der Waals surface area (Å²) < 4.78 is 15.2. The van der Waals surface area contributed by atoms with Gasteiger partial charge in [-0.25, -0.2) is 4.39 Å². The number of rotatable bonds is 5. The summed E-state index contributed by atoms with van der Waals surface area (Å²) in [6.07, 6.45) is 1.41. The first-order valence-corrected chi connectivity index (χ1v) is 7.96. The van der Waals surface area contributed by atoms with Crippen molar-refractivity contribution in [1.82, 2.24) is 0 Å². The lowest BCUT2D eigenvalue weighted by Gasteiger charge is -2.15. The van der Waals surface area contributed by atoms with Gasteiger partial charge in [-0.1, -0.05) is 44.0 Å². The number of halogens is 3. The SMILES string of the molecule is OCC(Cc1ccc(Br)cc1)Cc1cc(F)ccc1Br. The van der Waals surface area contributed by atoms with Gasteiger partial charge in [0.2, 0.25) is 0 Å². The van der Waals surface area contributed by atoms with Crippen LogP contribution in [0.15, 0.2) is 51.4 Å². The summed E-state index contributed by atoms with van der Waals surface area (Å²) >= 11 is 6.83. The maximum absolute atomic E-state index is 13.3. The van der Waals surface area contributed by atoms with Crippen molar-refractivity contribution < 1.29 is 9.50 Å². The van der Waals surface area contributed by atoms with Gasteiger partial charge in [0.05, 0.1) is 0 Å². The van der Waals surface area contributed by atoms with Gasteiger partial charge in [0.1, 0.15) is 5.82 Å². The van der Waals surface area contributed by atoms with Crippen molar-refractivity contribution >= 4 is 31.9 Å². The Hall–Kier alpha value is -0.710. The molecule has 1 unspecified atom stereocenters. The van der Waals surface area contributed by atoms with Crippen LogP contribution in [0.25, 0.3) is 0 Å². The van der Waals surface area contributed by atoms with E-state index in [9.17, 15) is 9.50 Å². The first-order chi connectivity index (χ1) is 9.58. The van der Waals surface area contributed by atoms with Gasteiger partial charge in [0.15, 0.2) is 0 Å². The van der Waals surface area contributed by atoms with Crippen LogP contribution in [0.1, 0.15) is 11.1 Å². The van der Waals surface area contributed by atoms with Crippen molar-refractivity contribution in [3.63, 3.8) is 0 Å². The van der Waals surface area contributed by atoms with Gasteiger partial charge in [0.25, 0.3) is 0 Å². The van der Waals surface area contributed by atoms with Crippen molar-refractivity contribution in [3.05, 3.63) is 68.4 Å². The third kappa shape index (κ3) is 4.40. The Morgan fingerprint density at radius 1 is 1.00 bits per heavy atom. The summed E-state index contributed by atoms with van der Waals surface area (Å²) in [5.74, 6) is -0.169. The summed E-state index contributed by atoms with van der Waals surface area (Å²) in [5.41, 5.74) is 2.06. The number of hydrogen-bond donors (Lipinski definition) is 1. The lowest BCUT2D eigenvalue weighted by Crippen LogP contribution is -2.13. The molecule has 0 saturated carbocycles. The van der Waals surface area contributed by atoms with E-state index >= 15 is 0 Å². The number of hydrogen-bond acceptors (Lipinski definition) is 1. The molecule has 0 saturated heterocycles. The Bertz CT molecular complexity index is 569. The van der Waals surface area contributed by atoms with Crippen molar-refractivity contribution in [2.45, 2.75) is 12.8 Å². The highest BCUT2D eigenvalue weighted by Crippen LogP contribution is 2.23. The van der Waals surface area contributed by atoms with Crippen LogP contribution in [-0.4, -0.2) is 11.7 Å². The fourth-order valence-corrected chi connectivity index (χ4v) is 2.84. The minimum atomic E-state index is -0.247. The van der Waals surface area contributed by atoms with Crippen LogP contribution < -0.4 is 0 Å². The van der Waals surface area contributed by atoms with Crippen molar-refractivity contribution in [2.75, 3.05) is 6.61 Å². The van der Waals surface area contributed by atoms with Crippen LogP contribution in [0.3, 0.4) is 0 Å². The molecule has 1 atom stereocenters. The van der Waals surface area contributed by atoms with E-state index in [1.54, 1.807) is 6.07 Å². The first kappa shape index (κ1) is 15.7.